The number of nitrogens with one attached hydrogen (secondary N) is 1. The average Bonchev–Trinajstić information content (AvgIpc) is 2.60. The summed E-state index contributed by atoms with van der Waals surface area (Å²) in [6.07, 6.45) is 3.38. The Morgan fingerprint density at radius 2 is 2.00 bits per heavy atom. The molecule has 5 nitrogen and oxygen atoms in total. The van der Waals surface area contributed by atoms with Gasteiger partial charge < -0.3 is 16.0 Å². The number of carbonyl (C=O) groups is 2. The average molecular weight is 409 g/mol. The number of piperidine rings is 1. The highest BCUT2D eigenvalue weighted by molar-refractivity contribution is 6.42. The van der Waals surface area contributed by atoms with Crippen molar-refractivity contribution in [2.45, 2.75) is 25.7 Å². The molecule has 1 aromatic carbocycles. The van der Waals surface area contributed by atoms with Crippen LogP contribution in [0.5, 0.6) is 0 Å². The molecule has 1 fully saturated rings. The van der Waals surface area contributed by atoms with E-state index in [9.17, 15) is 9.59 Å². The number of amides is 2. The van der Waals surface area contributed by atoms with Crippen molar-refractivity contribution in [2.75, 3.05) is 26.2 Å². The number of hydrogen-bond acceptors (Lipinski definition) is 3. The Labute approximate surface area is 164 Å². The lowest BCUT2D eigenvalue weighted by Gasteiger charge is -2.32. The van der Waals surface area contributed by atoms with Crippen molar-refractivity contribution >= 4 is 47.4 Å². The second-order valence-electron chi connectivity index (χ2n) is 6.01. The number of nitrogens with zero attached hydrogens (tertiary/aromatic N) is 1. The second-order valence-corrected chi connectivity index (χ2v) is 6.82. The fourth-order valence-electron chi connectivity index (χ4n) is 2.81. The molecule has 0 bridgehead atoms. The highest BCUT2D eigenvalue weighted by Crippen LogP contribution is 2.25. The first-order chi connectivity index (χ1) is 11.5. The van der Waals surface area contributed by atoms with E-state index in [0.717, 1.165) is 25.7 Å². The molecule has 8 heteroatoms. The molecule has 2 rings (SSSR count). The van der Waals surface area contributed by atoms with Crippen molar-refractivity contribution in [2.24, 2.45) is 11.7 Å². The number of carbonyl (C=O) groups excluding carboxylic acids is 2. The maximum atomic E-state index is 12.6. The van der Waals surface area contributed by atoms with Gasteiger partial charge in [-0.2, -0.15) is 0 Å². The lowest BCUT2D eigenvalue weighted by atomic mass is 9.96. The third-order valence-electron chi connectivity index (χ3n) is 4.18. The van der Waals surface area contributed by atoms with Crippen LogP contribution in [-0.2, 0) is 4.79 Å². The zero-order valence-electron chi connectivity index (χ0n) is 14.0. The van der Waals surface area contributed by atoms with E-state index in [1.54, 1.807) is 23.1 Å². The van der Waals surface area contributed by atoms with Crippen LogP contribution in [-0.4, -0.2) is 42.9 Å². The van der Waals surface area contributed by atoms with Crippen molar-refractivity contribution in [1.29, 1.82) is 0 Å². The van der Waals surface area contributed by atoms with Gasteiger partial charge in [0.2, 0.25) is 5.91 Å². The third kappa shape index (κ3) is 6.33. The van der Waals surface area contributed by atoms with Gasteiger partial charge in [0.05, 0.1) is 16.0 Å². The molecule has 3 N–H and O–H groups in total. The van der Waals surface area contributed by atoms with Crippen molar-refractivity contribution in [3.05, 3.63) is 33.8 Å². The molecule has 1 aromatic rings. The predicted octanol–water partition coefficient (Wildman–Crippen LogP) is 3.12. The number of halogens is 3. The van der Waals surface area contributed by atoms with Crippen LogP contribution < -0.4 is 11.1 Å². The molecule has 0 spiro atoms. The molecule has 1 heterocycles. The fourth-order valence-corrected chi connectivity index (χ4v) is 3.11. The van der Waals surface area contributed by atoms with Crippen LogP contribution in [0.15, 0.2) is 18.2 Å². The summed E-state index contributed by atoms with van der Waals surface area (Å²) in [6, 6.07) is 4.85. The fraction of sp³-hybridized carbons (Fsp3) is 0.529. The third-order valence-corrected chi connectivity index (χ3v) is 4.92. The number of hydrogen-bond donors (Lipinski definition) is 2. The molecule has 1 atom stereocenters. The van der Waals surface area contributed by atoms with Gasteiger partial charge in [-0.05, 0) is 50.4 Å². The summed E-state index contributed by atoms with van der Waals surface area (Å²) in [5.74, 6) is -0.267. The minimum absolute atomic E-state index is 0. The van der Waals surface area contributed by atoms with Crippen LogP contribution in [0.1, 0.15) is 36.0 Å². The second kappa shape index (κ2) is 10.9. The largest absolute Gasteiger partial charge is 0.356 e. The molecular formula is C17H24Cl3N3O2. The van der Waals surface area contributed by atoms with E-state index in [1.807, 2.05) is 0 Å². The van der Waals surface area contributed by atoms with E-state index in [2.05, 4.69) is 5.32 Å². The minimum Gasteiger partial charge on any atom is -0.356 e. The molecule has 0 radical (unpaired) electrons. The molecule has 140 valence electrons. The molecule has 0 saturated carbocycles. The van der Waals surface area contributed by atoms with E-state index in [0.29, 0.717) is 41.8 Å². The molecule has 1 saturated heterocycles. The number of unbranched alkanes of at least 4 members (excludes halogenated alkanes) is 1. The molecule has 0 aromatic heterocycles. The lowest BCUT2D eigenvalue weighted by Crippen LogP contribution is -2.45. The van der Waals surface area contributed by atoms with Crippen LogP contribution in [0.25, 0.3) is 0 Å². The highest BCUT2D eigenvalue weighted by Gasteiger charge is 2.28. The first-order valence-electron chi connectivity index (χ1n) is 8.25. The Hall–Kier alpha value is -1.01. The first kappa shape index (κ1) is 22.0. The zero-order valence-corrected chi connectivity index (χ0v) is 16.3. The van der Waals surface area contributed by atoms with Crippen molar-refractivity contribution in [3.8, 4) is 0 Å². The lowest BCUT2D eigenvalue weighted by molar-refractivity contribution is -0.126. The van der Waals surface area contributed by atoms with Crippen LogP contribution in [0.4, 0.5) is 0 Å². The first-order valence-corrected chi connectivity index (χ1v) is 9.00. The highest BCUT2D eigenvalue weighted by atomic mass is 35.5. The van der Waals surface area contributed by atoms with E-state index in [1.165, 1.54) is 0 Å². The molecule has 25 heavy (non-hydrogen) atoms. The number of rotatable bonds is 6. The molecule has 0 aliphatic carbocycles. The van der Waals surface area contributed by atoms with E-state index < -0.39 is 0 Å². The summed E-state index contributed by atoms with van der Waals surface area (Å²) in [5.41, 5.74) is 5.93. The Balaban J connectivity index is 0.00000312. The Kier molecular flexibility index (Phi) is 9.57. The molecule has 1 aliphatic rings. The summed E-state index contributed by atoms with van der Waals surface area (Å²) in [4.78, 5) is 26.6. The van der Waals surface area contributed by atoms with Crippen LogP contribution >= 0.6 is 35.6 Å². The topological polar surface area (TPSA) is 75.4 Å². The predicted molar refractivity (Wildman–Crippen MR) is 104 cm³/mol. The quantitative estimate of drug-likeness (QED) is 0.710. The summed E-state index contributed by atoms with van der Waals surface area (Å²) in [5, 5.41) is 3.71. The van der Waals surface area contributed by atoms with Gasteiger partial charge >= 0.3 is 0 Å². The molecule has 1 aliphatic heterocycles. The van der Waals surface area contributed by atoms with Gasteiger partial charge in [-0.3, -0.25) is 9.59 Å². The monoisotopic (exact) mass is 407 g/mol. The standard InChI is InChI=1S/C17H23Cl2N3O2.ClH/c18-14-6-5-12(10-15(14)19)17(24)22-9-3-4-13(11-22)16(23)21-8-2-1-7-20;/h5-6,10,13H,1-4,7-9,11,20H2,(H,21,23);1H. The van der Waals surface area contributed by atoms with Crippen molar-refractivity contribution in [3.63, 3.8) is 0 Å². The smallest absolute Gasteiger partial charge is 0.253 e. The summed E-state index contributed by atoms with van der Waals surface area (Å²) in [6.45, 7) is 2.34. The minimum atomic E-state index is -0.164. The Morgan fingerprint density at radius 1 is 1.24 bits per heavy atom. The summed E-state index contributed by atoms with van der Waals surface area (Å²) in [7, 11) is 0. The van der Waals surface area contributed by atoms with E-state index in [-0.39, 0.29) is 30.1 Å². The van der Waals surface area contributed by atoms with Gasteiger partial charge in [-0.1, -0.05) is 23.2 Å². The number of benzene rings is 1. The van der Waals surface area contributed by atoms with E-state index in [4.69, 9.17) is 28.9 Å². The molecule has 1 unspecified atom stereocenters. The number of nitrogens with two attached hydrogens (primary N) is 1. The Bertz CT molecular complexity index is 599. The normalized spacial score (nSPS) is 16.9. The molecular weight excluding hydrogens is 385 g/mol. The van der Waals surface area contributed by atoms with Crippen molar-refractivity contribution in [1.82, 2.24) is 10.2 Å². The summed E-state index contributed by atoms with van der Waals surface area (Å²) >= 11 is 11.9. The maximum Gasteiger partial charge on any atom is 0.253 e. The van der Waals surface area contributed by atoms with Gasteiger partial charge in [-0.15, -0.1) is 12.4 Å². The Morgan fingerprint density at radius 3 is 2.68 bits per heavy atom. The van der Waals surface area contributed by atoms with Gasteiger partial charge in [0.25, 0.3) is 5.91 Å². The van der Waals surface area contributed by atoms with E-state index >= 15 is 0 Å². The van der Waals surface area contributed by atoms with Gasteiger partial charge in [0, 0.05) is 25.2 Å². The van der Waals surface area contributed by atoms with Gasteiger partial charge in [-0.25, -0.2) is 0 Å². The van der Waals surface area contributed by atoms with Gasteiger partial charge in [0.1, 0.15) is 0 Å². The SMILES string of the molecule is Cl.NCCCCNC(=O)C1CCCN(C(=O)c2ccc(Cl)c(Cl)c2)C1. The van der Waals surface area contributed by atoms with Crippen molar-refractivity contribution < 1.29 is 9.59 Å². The number of likely N-dealkylation sites (tertiary alicyclic amines) is 1. The summed E-state index contributed by atoms with van der Waals surface area (Å²) < 4.78 is 0. The molecule has 2 amide bonds. The zero-order chi connectivity index (χ0) is 17.5. The van der Waals surface area contributed by atoms with Gasteiger partial charge in [0.15, 0.2) is 0 Å². The van der Waals surface area contributed by atoms with Crippen LogP contribution in [0.2, 0.25) is 10.0 Å². The maximum absolute atomic E-state index is 12.6. The van der Waals surface area contributed by atoms with Crippen LogP contribution in [0, 0.1) is 5.92 Å². The van der Waals surface area contributed by atoms with Crippen LogP contribution in [0.3, 0.4) is 0 Å².